The third-order valence-corrected chi connectivity index (χ3v) is 3.66. The van der Waals surface area contributed by atoms with Crippen molar-refractivity contribution in [1.29, 1.82) is 0 Å². The van der Waals surface area contributed by atoms with Crippen molar-refractivity contribution in [3.8, 4) is 11.4 Å². The van der Waals surface area contributed by atoms with Gasteiger partial charge in [-0.2, -0.15) is 0 Å². The normalized spacial score (nSPS) is 13.6. The van der Waals surface area contributed by atoms with Gasteiger partial charge in [0, 0.05) is 6.07 Å². The molecule has 0 radical (unpaired) electrons. The van der Waals surface area contributed by atoms with Crippen LogP contribution in [0.4, 0.5) is 19.0 Å². The van der Waals surface area contributed by atoms with Gasteiger partial charge in [-0.05, 0) is 12.1 Å². The van der Waals surface area contributed by atoms with Gasteiger partial charge in [-0.1, -0.05) is 17.7 Å². The number of aromatic nitrogens is 1. The number of pyridine rings is 1. The Bertz CT molecular complexity index is 985. The van der Waals surface area contributed by atoms with E-state index in [-0.39, 0.29) is 11.1 Å². The summed E-state index contributed by atoms with van der Waals surface area (Å²) in [6.07, 6.45) is -5.08. The number of para-hydroxylation sites is 1. The molecule has 0 spiro atoms. The maximum absolute atomic E-state index is 12.6. The highest BCUT2D eigenvalue weighted by atomic mass is 35.5. The molecule has 3 rings (SSSR count). The lowest BCUT2D eigenvalue weighted by molar-refractivity contribution is -0.274. The number of alkyl halides is 3. The fourth-order valence-corrected chi connectivity index (χ4v) is 2.63. The molecule has 0 unspecified atom stereocenters. The van der Waals surface area contributed by atoms with E-state index in [1.54, 1.807) is 0 Å². The lowest BCUT2D eigenvalue weighted by Crippen LogP contribution is -2.26. The van der Waals surface area contributed by atoms with Gasteiger partial charge in [0.1, 0.15) is 5.82 Å². The Kier molecular flexibility index (Phi) is 3.72. The first-order valence-electron chi connectivity index (χ1n) is 6.56. The number of benzene rings is 1. The number of nitrogens with zero attached hydrogens (tertiary/aromatic N) is 1. The number of rotatable bonds is 2. The number of carbonyl (C=O) groups excluding carboxylic acids is 2. The van der Waals surface area contributed by atoms with Gasteiger partial charge in [0.25, 0.3) is 17.4 Å². The molecule has 0 aliphatic carbocycles. The SMILES string of the molecule is Nc1c2c(cc(=O)n1-c1cccc(Cl)c1OC(F)(F)F)C(=O)NC2=O. The number of fused-ring (bicyclic) bond motifs is 1. The molecule has 0 atom stereocenters. The van der Waals surface area contributed by atoms with Gasteiger partial charge in [-0.25, -0.2) is 0 Å². The van der Waals surface area contributed by atoms with E-state index in [2.05, 4.69) is 4.74 Å². The Morgan fingerprint density at radius 3 is 2.48 bits per heavy atom. The summed E-state index contributed by atoms with van der Waals surface area (Å²) in [4.78, 5) is 35.7. The van der Waals surface area contributed by atoms with Gasteiger partial charge in [0.15, 0.2) is 5.75 Å². The van der Waals surface area contributed by atoms with Crippen molar-refractivity contribution < 1.29 is 27.5 Å². The summed E-state index contributed by atoms with van der Waals surface area (Å²) in [5, 5.41) is 1.52. The van der Waals surface area contributed by atoms with Crippen molar-refractivity contribution in [1.82, 2.24) is 9.88 Å². The Morgan fingerprint density at radius 2 is 1.84 bits per heavy atom. The van der Waals surface area contributed by atoms with Gasteiger partial charge < -0.3 is 10.5 Å². The van der Waals surface area contributed by atoms with Crippen LogP contribution >= 0.6 is 11.6 Å². The average Bonchev–Trinajstić information content (AvgIpc) is 2.75. The van der Waals surface area contributed by atoms with Gasteiger partial charge in [-0.15, -0.1) is 13.2 Å². The largest absolute Gasteiger partial charge is 0.573 e. The number of nitrogens with one attached hydrogen (secondary N) is 1. The highest BCUT2D eigenvalue weighted by Gasteiger charge is 2.35. The number of amides is 2. The number of carbonyl (C=O) groups is 2. The molecule has 0 bridgehead atoms. The number of anilines is 1. The van der Waals surface area contributed by atoms with Crippen LogP contribution in [0.2, 0.25) is 5.02 Å². The van der Waals surface area contributed by atoms with E-state index >= 15 is 0 Å². The van der Waals surface area contributed by atoms with Crippen LogP contribution in [0, 0.1) is 0 Å². The van der Waals surface area contributed by atoms with E-state index in [4.69, 9.17) is 17.3 Å². The number of nitrogen functional groups attached to an aromatic ring is 1. The zero-order valence-electron chi connectivity index (χ0n) is 12.0. The van der Waals surface area contributed by atoms with Crippen molar-refractivity contribution in [2.45, 2.75) is 6.36 Å². The lowest BCUT2D eigenvalue weighted by Gasteiger charge is -2.18. The Hall–Kier alpha value is -3.01. The van der Waals surface area contributed by atoms with Crippen LogP contribution in [-0.2, 0) is 0 Å². The topological polar surface area (TPSA) is 103 Å². The Balaban J connectivity index is 2.31. The van der Waals surface area contributed by atoms with E-state index in [0.29, 0.717) is 4.57 Å². The Morgan fingerprint density at radius 1 is 1.16 bits per heavy atom. The quantitative estimate of drug-likeness (QED) is 0.782. The number of imide groups is 1. The zero-order chi connectivity index (χ0) is 18.5. The lowest BCUT2D eigenvalue weighted by atomic mass is 10.1. The van der Waals surface area contributed by atoms with Crippen LogP contribution in [0.5, 0.6) is 5.75 Å². The molecule has 2 aromatic rings. The van der Waals surface area contributed by atoms with Crippen molar-refractivity contribution in [3.05, 3.63) is 50.8 Å². The molecule has 0 fully saturated rings. The number of hydrogen-bond donors (Lipinski definition) is 2. The smallest absolute Gasteiger partial charge is 0.402 e. The maximum Gasteiger partial charge on any atom is 0.573 e. The Labute approximate surface area is 141 Å². The minimum Gasteiger partial charge on any atom is -0.402 e. The number of halogens is 4. The summed E-state index contributed by atoms with van der Waals surface area (Å²) >= 11 is 5.74. The van der Waals surface area contributed by atoms with Crippen molar-refractivity contribution in [3.63, 3.8) is 0 Å². The zero-order valence-corrected chi connectivity index (χ0v) is 12.7. The fourth-order valence-electron chi connectivity index (χ4n) is 2.42. The van der Waals surface area contributed by atoms with Gasteiger partial charge in [0.2, 0.25) is 0 Å². The van der Waals surface area contributed by atoms with Gasteiger partial charge >= 0.3 is 6.36 Å². The molecular formula is C14H7ClF3N3O4. The van der Waals surface area contributed by atoms with Gasteiger partial charge in [-0.3, -0.25) is 24.3 Å². The first-order chi connectivity index (χ1) is 11.6. The molecule has 3 N–H and O–H groups in total. The second-order valence-corrected chi connectivity index (χ2v) is 5.32. The molecule has 0 saturated carbocycles. The van der Waals surface area contributed by atoms with E-state index in [9.17, 15) is 27.6 Å². The summed E-state index contributed by atoms with van der Waals surface area (Å²) in [6.45, 7) is 0. The number of nitrogens with two attached hydrogens (primary N) is 1. The molecule has 2 amide bonds. The van der Waals surface area contributed by atoms with Crippen LogP contribution in [-0.4, -0.2) is 22.7 Å². The van der Waals surface area contributed by atoms with E-state index in [1.807, 2.05) is 5.32 Å². The van der Waals surface area contributed by atoms with Crippen molar-refractivity contribution >= 4 is 29.2 Å². The molecule has 130 valence electrons. The summed E-state index contributed by atoms with van der Waals surface area (Å²) < 4.78 is 42.4. The first-order valence-corrected chi connectivity index (χ1v) is 6.94. The third kappa shape index (κ3) is 2.80. The molecule has 11 heteroatoms. The van der Waals surface area contributed by atoms with Crippen LogP contribution in [0.3, 0.4) is 0 Å². The molecule has 7 nitrogen and oxygen atoms in total. The summed E-state index contributed by atoms with van der Waals surface area (Å²) in [5.41, 5.74) is 3.83. The first kappa shape index (κ1) is 16.8. The fraction of sp³-hybridized carbons (Fsp3) is 0.0714. The summed E-state index contributed by atoms with van der Waals surface area (Å²) in [6, 6.07) is 4.29. The molecule has 1 aromatic heterocycles. The van der Waals surface area contributed by atoms with Crippen LogP contribution in [0.15, 0.2) is 29.1 Å². The standard InChI is InChI=1S/C14H7ClF3N3O4/c15-6-2-1-3-7(10(6)25-14(16,17)18)21-8(22)4-5-9(11(21)19)13(24)20-12(5)23/h1-4H,19H2,(H,20,23,24). The van der Waals surface area contributed by atoms with Crippen molar-refractivity contribution in [2.75, 3.05) is 5.73 Å². The molecule has 0 saturated heterocycles. The predicted octanol–water partition coefficient (Wildman–Crippen LogP) is 1.86. The monoisotopic (exact) mass is 373 g/mol. The van der Waals surface area contributed by atoms with E-state index in [0.717, 1.165) is 18.2 Å². The van der Waals surface area contributed by atoms with Gasteiger partial charge in [0.05, 0.1) is 21.8 Å². The van der Waals surface area contributed by atoms with Crippen LogP contribution < -0.4 is 21.3 Å². The minimum atomic E-state index is -5.08. The van der Waals surface area contributed by atoms with Crippen LogP contribution in [0.1, 0.15) is 20.7 Å². The number of ether oxygens (including phenoxy) is 1. The molecule has 1 aromatic carbocycles. The molecule has 2 heterocycles. The second kappa shape index (κ2) is 5.52. The third-order valence-electron chi connectivity index (χ3n) is 3.36. The van der Waals surface area contributed by atoms with Crippen LogP contribution in [0.25, 0.3) is 5.69 Å². The summed E-state index contributed by atoms with van der Waals surface area (Å²) in [7, 11) is 0. The number of hydrogen-bond acceptors (Lipinski definition) is 5. The minimum absolute atomic E-state index is 0.260. The highest BCUT2D eigenvalue weighted by molar-refractivity contribution is 6.32. The molecule has 1 aliphatic rings. The average molecular weight is 374 g/mol. The summed E-state index contributed by atoms with van der Waals surface area (Å²) in [5.74, 6) is -3.07. The molecule has 25 heavy (non-hydrogen) atoms. The molecule has 1 aliphatic heterocycles. The van der Waals surface area contributed by atoms with Crippen molar-refractivity contribution in [2.24, 2.45) is 0 Å². The van der Waals surface area contributed by atoms with E-state index in [1.165, 1.54) is 6.07 Å². The highest BCUT2D eigenvalue weighted by Crippen LogP contribution is 2.36. The predicted molar refractivity (Wildman–Crippen MR) is 79.9 cm³/mol. The second-order valence-electron chi connectivity index (χ2n) is 4.91. The molecular weight excluding hydrogens is 367 g/mol. The maximum atomic E-state index is 12.6. The van der Waals surface area contributed by atoms with E-state index < -0.39 is 46.0 Å².